The molecule has 0 spiro atoms. The van der Waals surface area contributed by atoms with Crippen LogP contribution >= 0.6 is 11.6 Å². The standard InChI is InChI=1S/C16H19ClN4O/c1-10-11(2)21(9-19-10)6-5-18-16(22)15-8-12-7-13(17)3-4-14(12)20-15/h3-4,7,9,15,20H,5-6,8H2,1-2H3,(H,18,22). The van der Waals surface area contributed by atoms with Gasteiger partial charge in [-0.15, -0.1) is 0 Å². The van der Waals surface area contributed by atoms with Crippen molar-refractivity contribution in [2.75, 3.05) is 11.9 Å². The molecule has 0 radical (unpaired) electrons. The van der Waals surface area contributed by atoms with Gasteiger partial charge in [0.05, 0.1) is 12.0 Å². The summed E-state index contributed by atoms with van der Waals surface area (Å²) in [4.78, 5) is 16.5. The number of hydrogen-bond donors (Lipinski definition) is 2. The summed E-state index contributed by atoms with van der Waals surface area (Å²) in [6.45, 7) is 5.33. The van der Waals surface area contributed by atoms with Gasteiger partial charge in [-0.25, -0.2) is 4.98 Å². The molecule has 1 aliphatic heterocycles. The van der Waals surface area contributed by atoms with E-state index in [4.69, 9.17) is 11.6 Å². The summed E-state index contributed by atoms with van der Waals surface area (Å²) in [5, 5.41) is 6.91. The van der Waals surface area contributed by atoms with Crippen LogP contribution in [0.25, 0.3) is 0 Å². The van der Waals surface area contributed by atoms with E-state index in [0.29, 0.717) is 18.0 Å². The fourth-order valence-electron chi connectivity index (χ4n) is 2.68. The molecule has 5 nitrogen and oxygen atoms in total. The smallest absolute Gasteiger partial charge is 0.242 e. The summed E-state index contributed by atoms with van der Waals surface area (Å²) in [6, 6.07) is 5.44. The maximum atomic E-state index is 12.2. The SMILES string of the molecule is Cc1ncn(CCNC(=O)C2Cc3cc(Cl)ccc3N2)c1C. The molecule has 3 rings (SSSR count). The second-order valence-corrected chi connectivity index (χ2v) is 6.04. The van der Waals surface area contributed by atoms with E-state index in [9.17, 15) is 4.79 Å². The van der Waals surface area contributed by atoms with Crippen molar-refractivity contribution in [2.45, 2.75) is 32.9 Å². The van der Waals surface area contributed by atoms with Crippen molar-refractivity contribution in [1.29, 1.82) is 0 Å². The van der Waals surface area contributed by atoms with Gasteiger partial charge in [-0.2, -0.15) is 0 Å². The molecule has 2 aromatic rings. The van der Waals surface area contributed by atoms with Gasteiger partial charge < -0.3 is 15.2 Å². The molecule has 0 bridgehead atoms. The third kappa shape index (κ3) is 2.95. The molecular weight excluding hydrogens is 300 g/mol. The monoisotopic (exact) mass is 318 g/mol. The van der Waals surface area contributed by atoms with E-state index in [1.807, 2.05) is 42.9 Å². The summed E-state index contributed by atoms with van der Waals surface area (Å²) in [5.74, 6) is 0.0156. The first-order valence-corrected chi connectivity index (χ1v) is 7.73. The van der Waals surface area contributed by atoms with Crippen LogP contribution in [0.2, 0.25) is 5.02 Å². The number of benzene rings is 1. The van der Waals surface area contributed by atoms with Crippen LogP contribution in [0.4, 0.5) is 5.69 Å². The largest absolute Gasteiger partial charge is 0.373 e. The van der Waals surface area contributed by atoms with Crippen molar-refractivity contribution in [3.8, 4) is 0 Å². The summed E-state index contributed by atoms with van der Waals surface area (Å²) >= 11 is 5.98. The van der Waals surface area contributed by atoms with Crippen LogP contribution in [0.15, 0.2) is 24.5 Å². The number of rotatable bonds is 4. The maximum absolute atomic E-state index is 12.2. The predicted molar refractivity (Wildman–Crippen MR) is 87.3 cm³/mol. The van der Waals surface area contributed by atoms with E-state index >= 15 is 0 Å². The van der Waals surface area contributed by atoms with Crippen molar-refractivity contribution in [3.05, 3.63) is 46.5 Å². The van der Waals surface area contributed by atoms with Crippen LogP contribution in [0, 0.1) is 13.8 Å². The molecule has 1 aromatic heterocycles. The number of nitrogens with one attached hydrogen (secondary N) is 2. The average molecular weight is 319 g/mol. The molecule has 6 heteroatoms. The highest BCUT2D eigenvalue weighted by Gasteiger charge is 2.26. The molecule has 0 saturated heterocycles. The first kappa shape index (κ1) is 14.9. The Balaban J connectivity index is 1.52. The summed E-state index contributed by atoms with van der Waals surface area (Å²) in [7, 11) is 0. The molecule has 2 N–H and O–H groups in total. The summed E-state index contributed by atoms with van der Waals surface area (Å²) in [5.41, 5.74) is 4.24. The van der Waals surface area contributed by atoms with Crippen LogP contribution in [-0.2, 0) is 17.8 Å². The number of carbonyl (C=O) groups is 1. The van der Waals surface area contributed by atoms with Gasteiger partial charge in [0.2, 0.25) is 5.91 Å². The van der Waals surface area contributed by atoms with Gasteiger partial charge in [-0.3, -0.25) is 4.79 Å². The molecule has 0 aliphatic carbocycles. The number of fused-ring (bicyclic) bond motifs is 1. The van der Waals surface area contributed by atoms with Crippen molar-refractivity contribution in [3.63, 3.8) is 0 Å². The van der Waals surface area contributed by atoms with Gasteiger partial charge in [0, 0.05) is 35.9 Å². The number of anilines is 1. The third-order valence-electron chi connectivity index (χ3n) is 4.13. The Kier molecular flexibility index (Phi) is 4.07. The van der Waals surface area contributed by atoms with Crippen molar-refractivity contribution in [2.24, 2.45) is 0 Å². The molecule has 0 saturated carbocycles. The highest BCUT2D eigenvalue weighted by atomic mass is 35.5. The Labute approximate surface area is 134 Å². The van der Waals surface area contributed by atoms with Crippen molar-refractivity contribution >= 4 is 23.2 Å². The molecule has 22 heavy (non-hydrogen) atoms. The number of nitrogens with zero attached hydrogens (tertiary/aromatic N) is 2. The van der Waals surface area contributed by atoms with E-state index in [1.54, 1.807) is 0 Å². The topological polar surface area (TPSA) is 59.0 Å². The number of aromatic nitrogens is 2. The average Bonchev–Trinajstić information content (AvgIpc) is 3.04. The minimum absolute atomic E-state index is 0.0156. The fourth-order valence-corrected chi connectivity index (χ4v) is 2.88. The molecular formula is C16H19ClN4O. The van der Waals surface area contributed by atoms with Gasteiger partial charge in [-0.1, -0.05) is 11.6 Å². The molecule has 1 amide bonds. The summed E-state index contributed by atoms with van der Waals surface area (Å²) in [6.07, 6.45) is 2.48. The van der Waals surface area contributed by atoms with Gasteiger partial charge in [-0.05, 0) is 37.6 Å². The molecule has 2 heterocycles. The van der Waals surface area contributed by atoms with Crippen LogP contribution in [0.3, 0.4) is 0 Å². The Bertz CT molecular complexity index is 710. The normalized spacial score (nSPS) is 16.2. The number of carbonyl (C=O) groups excluding carboxylic acids is 1. The van der Waals surface area contributed by atoms with Gasteiger partial charge >= 0.3 is 0 Å². The van der Waals surface area contributed by atoms with E-state index in [1.165, 1.54) is 0 Å². The third-order valence-corrected chi connectivity index (χ3v) is 4.37. The minimum Gasteiger partial charge on any atom is -0.373 e. The number of imidazole rings is 1. The van der Waals surface area contributed by atoms with E-state index in [2.05, 4.69) is 15.6 Å². The number of halogens is 1. The molecule has 1 aliphatic rings. The Morgan fingerprint density at radius 2 is 2.32 bits per heavy atom. The van der Waals surface area contributed by atoms with E-state index in [0.717, 1.165) is 29.2 Å². The number of hydrogen-bond acceptors (Lipinski definition) is 3. The highest BCUT2D eigenvalue weighted by Crippen LogP contribution is 2.28. The Morgan fingerprint density at radius 3 is 3.05 bits per heavy atom. The van der Waals surface area contributed by atoms with E-state index < -0.39 is 0 Å². The van der Waals surface area contributed by atoms with Crippen molar-refractivity contribution < 1.29 is 4.79 Å². The quantitative estimate of drug-likeness (QED) is 0.909. The Morgan fingerprint density at radius 1 is 1.50 bits per heavy atom. The number of amides is 1. The maximum Gasteiger partial charge on any atom is 0.242 e. The first-order valence-electron chi connectivity index (χ1n) is 7.35. The fraction of sp³-hybridized carbons (Fsp3) is 0.375. The van der Waals surface area contributed by atoms with Gasteiger partial charge in [0.15, 0.2) is 0 Å². The van der Waals surface area contributed by atoms with Crippen LogP contribution < -0.4 is 10.6 Å². The van der Waals surface area contributed by atoms with Gasteiger partial charge in [0.25, 0.3) is 0 Å². The Hall–Kier alpha value is -2.01. The highest BCUT2D eigenvalue weighted by molar-refractivity contribution is 6.30. The lowest BCUT2D eigenvalue weighted by atomic mass is 10.1. The molecule has 1 unspecified atom stereocenters. The second-order valence-electron chi connectivity index (χ2n) is 5.60. The zero-order valence-corrected chi connectivity index (χ0v) is 13.4. The zero-order valence-electron chi connectivity index (χ0n) is 12.7. The molecule has 1 aromatic carbocycles. The first-order chi connectivity index (χ1) is 10.5. The van der Waals surface area contributed by atoms with Crippen LogP contribution in [-0.4, -0.2) is 28.0 Å². The lowest BCUT2D eigenvalue weighted by molar-refractivity contribution is -0.121. The second kappa shape index (κ2) is 6.01. The van der Waals surface area contributed by atoms with Crippen molar-refractivity contribution in [1.82, 2.24) is 14.9 Å². The predicted octanol–water partition coefficient (Wildman–Crippen LogP) is 2.31. The minimum atomic E-state index is -0.223. The van der Waals surface area contributed by atoms with Gasteiger partial charge in [0.1, 0.15) is 6.04 Å². The number of aryl methyl sites for hydroxylation is 1. The zero-order chi connectivity index (χ0) is 15.7. The molecule has 116 valence electrons. The van der Waals surface area contributed by atoms with E-state index in [-0.39, 0.29) is 11.9 Å². The van der Waals surface area contributed by atoms with Crippen LogP contribution in [0.5, 0.6) is 0 Å². The lowest BCUT2D eigenvalue weighted by Gasteiger charge is -2.12. The lowest BCUT2D eigenvalue weighted by Crippen LogP contribution is -2.39. The van der Waals surface area contributed by atoms with Crippen LogP contribution in [0.1, 0.15) is 17.0 Å². The summed E-state index contributed by atoms with van der Waals surface area (Å²) < 4.78 is 2.05. The molecule has 0 fully saturated rings. The molecule has 1 atom stereocenters.